The van der Waals surface area contributed by atoms with Crippen LogP contribution in [0.2, 0.25) is 0 Å². The second kappa shape index (κ2) is 7.35. The Balaban J connectivity index is 1.64. The van der Waals surface area contributed by atoms with Crippen molar-refractivity contribution in [3.05, 3.63) is 90.0 Å². The number of amides is 2. The number of hydrogen-bond donors (Lipinski definition) is 2. The van der Waals surface area contributed by atoms with Crippen LogP contribution in [-0.4, -0.2) is 16.8 Å². The van der Waals surface area contributed by atoms with Crippen LogP contribution in [0.15, 0.2) is 73.1 Å². The molecule has 0 atom stereocenters. The molecule has 6 heteroatoms. The predicted octanol–water partition coefficient (Wildman–Crippen LogP) is 2.96. The van der Waals surface area contributed by atoms with Gasteiger partial charge < -0.3 is 0 Å². The van der Waals surface area contributed by atoms with E-state index in [9.17, 15) is 14.0 Å². The minimum atomic E-state index is -0.722. The minimum absolute atomic E-state index is 0.143. The number of carbonyl (C=O) groups excluding carboxylic acids is 2. The third kappa shape index (κ3) is 3.87. The number of halogens is 1. The summed E-state index contributed by atoms with van der Waals surface area (Å²) in [5, 5.41) is 0. The summed E-state index contributed by atoms with van der Waals surface area (Å²) in [6.45, 7) is 0. The average Bonchev–Trinajstić information content (AvgIpc) is 2.67. The fourth-order valence-electron chi connectivity index (χ4n) is 2.26. The van der Waals surface area contributed by atoms with Crippen molar-refractivity contribution in [1.29, 1.82) is 0 Å². The zero-order chi connectivity index (χ0) is 17.6. The lowest BCUT2D eigenvalue weighted by Crippen LogP contribution is -2.41. The maximum Gasteiger partial charge on any atom is 0.272 e. The SMILES string of the molecule is O=C(NNC(=O)c1ccccc1F)c1ccc(-c2ccncc2)cc1. The molecule has 0 bridgehead atoms. The Hall–Kier alpha value is -3.54. The van der Waals surface area contributed by atoms with Crippen molar-refractivity contribution in [2.45, 2.75) is 0 Å². The van der Waals surface area contributed by atoms with Crippen molar-refractivity contribution in [3.63, 3.8) is 0 Å². The van der Waals surface area contributed by atoms with E-state index in [0.717, 1.165) is 11.1 Å². The third-order valence-corrected chi connectivity index (χ3v) is 3.57. The number of benzene rings is 2. The first-order valence-corrected chi connectivity index (χ1v) is 7.51. The minimum Gasteiger partial charge on any atom is -0.267 e. The molecule has 124 valence electrons. The van der Waals surface area contributed by atoms with E-state index in [1.807, 2.05) is 12.1 Å². The van der Waals surface area contributed by atoms with Gasteiger partial charge in [-0.2, -0.15) is 0 Å². The van der Waals surface area contributed by atoms with Crippen molar-refractivity contribution in [1.82, 2.24) is 15.8 Å². The van der Waals surface area contributed by atoms with E-state index < -0.39 is 17.6 Å². The molecule has 0 aliphatic carbocycles. The van der Waals surface area contributed by atoms with E-state index in [4.69, 9.17) is 0 Å². The Labute approximate surface area is 143 Å². The van der Waals surface area contributed by atoms with Crippen molar-refractivity contribution in [2.75, 3.05) is 0 Å². The fourth-order valence-corrected chi connectivity index (χ4v) is 2.26. The van der Waals surface area contributed by atoms with Crippen LogP contribution in [0, 0.1) is 5.82 Å². The zero-order valence-corrected chi connectivity index (χ0v) is 13.1. The van der Waals surface area contributed by atoms with E-state index in [1.165, 1.54) is 24.3 Å². The molecular weight excluding hydrogens is 321 g/mol. The fraction of sp³-hybridized carbons (Fsp3) is 0. The second-order valence-corrected chi connectivity index (χ2v) is 5.20. The van der Waals surface area contributed by atoms with Gasteiger partial charge >= 0.3 is 0 Å². The van der Waals surface area contributed by atoms with Gasteiger partial charge in [-0.15, -0.1) is 0 Å². The standard InChI is InChI=1S/C19H14FN3O2/c20-17-4-2-1-3-16(17)19(25)23-22-18(24)15-7-5-13(6-8-15)14-9-11-21-12-10-14/h1-12H,(H,22,24)(H,23,25). The van der Waals surface area contributed by atoms with Crippen LogP contribution in [0.1, 0.15) is 20.7 Å². The third-order valence-electron chi connectivity index (χ3n) is 3.57. The van der Waals surface area contributed by atoms with Crippen LogP contribution in [0.4, 0.5) is 4.39 Å². The zero-order valence-electron chi connectivity index (χ0n) is 13.1. The van der Waals surface area contributed by atoms with E-state index in [-0.39, 0.29) is 5.56 Å². The van der Waals surface area contributed by atoms with Gasteiger partial charge in [-0.1, -0.05) is 24.3 Å². The molecule has 25 heavy (non-hydrogen) atoms. The molecule has 0 spiro atoms. The van der Waals surface area contributed by atoms with Gasteiger partial charge in [-0.25, -0.2) is 4.39 Å². The van der Waals surface area contributed by atoms with E-state index in [2.05, 4.69) is 15.8 Å². The highest BCUT2D eigenvalue weighted by Gasteiger charge is 2.12. The molecule has 2 N–H and O–H groups in total. The molecule has 2 aromatic carbocycles. The van der Waals surface area contributed by atoms with Crippen LogP contribution in [-0.2, 0) is 0 Å². The Morgan fingerprint density at radius 1 is 0.760 bits per heavy atom. The Kier molecular flexibility index (Phi) is 4.80. The molecule has 5 nitrogen and oxygen atoms in total. The largest absolute Gasteiger partial charge is 0.272 e. The van der Waals surface area contributed by atoms with Crippen molar-refractivity contribution in [2.24, 2.45) is 0 Å². The number of hydrazine groups is 1. The number of nitrogens with zero attached hydrogens (tertiary/aromatic N) is 1. The molecule has 1 aromatic heterocycles. The highest BCUT2D eigenvalue weighted by atomic mass is 19.1. The predicted molar refractivity (Wildman–Crippen MR) is 91.0 cm³/mol. The lowest BCUT2D eigenvalue weighted by Gasteiger charge is -2.08. The molecule has 0 aliphatic rings. The van der Waals surface area contributed by atoms with Gasteiger partial charge in [-0.3, -0.25) is 25.4 Å². The summed E-state index contributed by atoms with van der Waals surface area (Å²) in [5.41, 5.74) is 6.61. The second-order valence-electron chi connectivity index (χ2n) is 5.20. The molecular formula is C19H14FN3O2. The number of hydrogen-bond acceptors (Lipinski definition) is 3. The van der Waals surface area contributed by atoms with Gasteiger partial charge in [0.1, 0.15) is 5.82 Å². The van der Waals surface area contributed by atoms with Gasteiger partial charge in [0.05, 0.1) is 5.56 Å². The summed E-state index contributed by atoms with van der Waals surface area (Å²) < 4.78 is 13.5. The highest BCUT2D eigenvalue weighted by molar-refractivity contribution is 5.99. The number of nitrogens with one attached hydrogen (secondary N) is 2. The summed E-state index contributed by atoms with van der Waals surface area (Å²) in [4.78, 5) is 27.9. The summed E-state index contributed by atoms with van der Waals surface area (Å²) in [6.07, 6.45) is 3.38. The summed E-state index contributed by atoms with van der Waals surface area (Å²) >= 11 is 0. The van der Waals surface area contributed by atoms with E-state index in [0.29, 0.717) is 5.56 Å². The number of aromatic nitrogens is 1. The molecule has 0 radical (unpaired) electrons. The van der Waals surface area contributed by atoms with Gasteiger partial charge in [0, 0.05) is 18.0 Å². The smallest absolute Gasteiger partial charge is 0.267 e. The molecule has 2 amide bonds. The summed E-state index contributed by atoms with van der Waals surface area (Å²) in [6, 6.07) is 16.1. The first kappa shape index (κ1) is 16.3. The molecule has 3 aromatic rings. The molecule has 0 fully saturated rings. The monoisotopic (exact) mass is 335 g/mol. The number of rotatable bonds is 3. The molecule has 3 rings (SSSR count). The summed E-state index contributed by atoms with van der Waals surface area (Å²) in [7, 11) is 0. The van der Waals surface area contributed by atoms with E-state index in [1.54, 1.807) is 36.7 Å². The lowest BCUT2D eigenvalue weighted by atomic mass is 10.1. The van der Waals surface area contributed by atoms with Gasteiger partial charge in [0.25, 0.3) is 11.8 Å². The molecule has 0 saturated carbocycles. The number of carbonyl (C=O) groups is 2. The van der Waals surface area contributed by atoms with Crippen LogP contribution in [0.5, 0.6) is 0 Å². The lowest BCUT2D eigenvalue weighted by molar-refractivity contribution is 0.0844. The normalized spacial score (nSPS) is 10.1. The van der Waals surface area contributed by atoms with E-state index >= 15 is 0 Å². The molecule has 0 aliphatic heterocycles. The first-order chi connectivity index (χ1) is 12.1. The van der Waals surface area contributed by atoms with Crippen LogP contribution in [0.25, 0.3) is 11.1 Å². The average molecular weight is 335 g/mol. The van der Waals surface area contributed by atoms with Gasteiger partial charge in [0.15, 0.2) is 0 Å². The Morgan fingerprint density at radius 3 is 2.04 bits per heavy atom. The van der Waals surface area contributed by atoms with Gasteiger partial charge in [-0.05, 0) is 47.5 Å². The van der Waals surface area contributed by atoms with Crippen LogP contribution < -0.4 is 10.9 Å². The summed E-state index contributed by atoms with van der Waals surface area (Å²) in [5.74, 6) is -1.87. The van der Waals surface area contributed by atoms with Crippen molar-refractivity contribution < 1.29 is 14.0 Å². The van der Waals surface area contributed by atoms with Crippen molar-refractivity contribution in [3.8, 4) is 11.1 Å². The van der Waals surface area contributed by atoms with Crippen LogP contribution >= 0.6 is 0 Å². The van der Waals surface area contributed by atoms with Crippen LogP contribution in [0.3, 0.4) is 0 Å². The molecule has 1 heterocycles. The molecule has 0 unspecified atom stereocenters. The topological polar surface area (TPSA) is 71.1 Å². The quantitative estimate of drug-likeness (QED) is 0.723. The number of pyridine rings is 1. The van der Waals surface area contributed by atoms with Gasteiger partial charge in [0.2, 0.25) is 0 Å². The maximum atomic E-state index is 13.5. The Morgan fingerprint density at radius 2 is 1.36 bits per heavy atom. The Bertz CT molecular complexity index is 896. The first-order valence-electron chi connectivity index (χ1n) is 7.51. The maximum absolute atomic E-state index is 13.5. The highest BCUT2D eigenvalue weighted by Crippen LogP contribution is 2.18. The molecule has 0 saturated heterocycles. The van der Waals surface area contributed by atoms with Crippen molar-refractivity contribution >= 4 is 11.8 Å².